The van der Waals surface area contributed by atoms with E-state index in [1.165, 1.54) is 11.9 Å². The number of nitrogens with zero attached hydrogens (tertiary/aromatic N) is 1. The van der Waals surface area contributed by atoms with Crippen LogP contribution in [0.3, 0.4) is 0 Å². The van der Waals surface area contributed by atoms with Gasteiger partial charge in [-0.2, -0.15) is 0 Å². The highest BCUT2D eigenvalue weighted by molar-refractivity contribution is 6.05. The fraction of sp³-hybridized carbons (Fsp3) is 0.833. The zero-order valence-electron chi connectivity index (χ0n) is 10.9. The number of hydrogen-bond acceptors (Lipinski definition) is 5. The molecular weight excluding hydrogens is 234 g/mol. The summed E-state index contributed by atoms with van der Waals surface area (Å²) in [5, 5.41) is 6.61. The van der Waals surface area contributed by atoms with Gasteiger partial charge in [-0.25, -0.2) is 0 Å². The second-order valence-corrected chi connectivity index (χ2v) is 5.08. The highest BCUT2D eigenvalue weighted by atomic mass is 16.5. The van der Waals surface area contributed by atoms with Gasteiger partial charge in [-0.05, 0) is 13.3 Å². The van der Waals surface area contributed by atoms with E-state index in [4.69, 9.17) is 4.74 Å². The number of carbonyl (C=O) groups excluding carboxylic acids is 2. The van der Waals surface area contributed by atoms with Crippen molar-refractivity contribution in [2.45, 2.75) is 37.9 Å². The number of likely N-dealkylation sites (N-methyl/N-ethyl adjacent to an activating group) is 1. The third-order valence-electron chi connectivity index (χ3n) is 3.50. The van der Waals surface area contributed by atoms with Crippen LogP contribution in [0.1, 0.15) is 19.8 Å². The van der Waals surface area contributed by atoms with Crippen LogP contribution in [0, 0.1) is 0 Å². The van der Waals surface area contributed by atoms with Gasteiger partial charge in [-0.3, -0.25) is 14.5 Å². The zero-order valence-corrected chi connectivity index (χ0v) is 10.9. The van der Waals surface area contributed by atoms with E-state index in [9.17, 15) is 9.59 Å². The van der Waals surface area contributed by atoms with Crippen molar-refractivity contribution >= 4 is 11.8 Å². The minimum atomic E-state index is -0.359. The Kier molecular flexibility index (Phi) is 4.31. The molecular formula is C12H21N3O3. The zero-order chi connectivity index (χ0) is 13.1. The first-order chi connectivity index (χ1) is 8.58. The quantitative estimate of drug-likeness (QED) is 0.637. The van der Waals surface area contributed by atoms with Gasteiger partial charge in [0.1, 0.15) is 0 Å². The molecule has 3 atom stereocenters. The maximum Gasteiger partial charge on any atom is 0.246 e. The first-order valence-electron chi connectivity index (χ1n) is 6.45. The molecule has 0 aliphatic carbocycles. The van der Waals surface area contributed by atoms with Crippen LogP contribution in [-0.4, -0.2) is 61.6 Å². The molecule has 6 heteroatoms. The standard InChI is InChI=1S/C12H21N3O3/c1-8(5-9-7-18-4-3-13-9)14-10-6-11(16)15(2)12(10)17/h8-10,13-14H,3-7H2,1-2H3. The van der Waals surface area contributed by atoms with Crippen molar-refractivity contribution in [3.63, 3.8) is 0 Å². The van der Waals surface area contributed by atoms with E-state index in [1.807, 2.05) is 6.92 Å². The van der Waals surface area contributed by atoms with Gasteiger partial charge in [0.15, 0.2) is 0 Å². The molecule has 2 fully saturated rings. The summed E-state index contributed by atoms with van der Waals surface area (Å²) < 4.78 is 5.39. The third-order valence-corrected chi connectivity index (χ3v) is 3.50. The first kappa shape index (κ1) is 13.5. The Balaban J connectivity index is 1.78. The molecule has 0 radical (unpaired) electrons. The van der Waals surface area contributed by atoms with Crippen molar-refractivity contribution < 1.29 is 14.3 Å². The predicted molar refractivity (Wildman–Crippen MR) is 66.0 cm³/mol. The van der Waals surface area contributed by atoms with Gasteiger partial charge in [-0.15, -0.1) is 0 Å². The smallest absolute Gasteiger partial charge is 0.246 e. The van der Waals surface area contributed by atoms with Crippen LogP contribution in [0.4, 0.5) is 0 Å². The molecule has 0 spiro atoms. The van der Waals surface area contributed by atoms with E-state index < -0.39 is 0 Å². The highest BCUT2D eigenvalue weighted by Crippen LogP contribution is 2.12. The average Bonchev–Trinajstić information content (AvgIpc) is 2.58. The van der Waals surface area contributed by atoms with E-state index >= 15 is 0 Å². The number of hydrogen-bond donors (Lipinski definition) is 2. The van der Waals surface area contributed by atoms with E-state index in [-0.39, 0.29) is 30.3 Å². The molecule has 2 aliphatic heterocycles. The van der Waals surface area contributed by atoms with Crippen molar-refractivity contribution in [3.05, 3.63) is 0 Å². The van der Waals surface area contributed by atoms with Crippen molar-refractivity contribution in [2.75, 3.05) is 26.8 Å². The topological polar surface area (TPSA) is 70.7 Å². The van der Waals surface area contributed by atoms with Crippen molar-refractivity contribution in [1.29, 1.82) is 0 Å². The van der Waals surface area contributed by atoms with Crippen LogP contribution < -0.4 is 10.6 Å². The summed E-state index contributed by atoms with van der Waals surface area (Å²) >= 11 is 0. The molecule has 2 saturated heterocycles. The molecule has 102 valence electrons. The monoisotopic (exact) mass is 255 g/mol. The Hall–Kier alpha value is -0.980. The normalized spacial score (nSPS) is 30.9. The van der Waals surface area contributed by atoms with Crippen LogP contribution in [0.25, 0.3) is 0 Å². The van der Waals surface area contributed by atoms with Crippen molar-refractivity contribution in [2.24, 2.45) is 0 Å². The van der Waals surface area contributed by atoms with E-state index in [0.717, 1.165) is 19.6 Å². The SMILES string of the molecule is CC(CC1COCCN1)NC1CC(=O)N(C)C1=O. The van der Waals surface area contributed by atoms with Gasteiger partial charge in [0.2, 0.25) is 11.8 Å². The fourth-order valence-electron chi connectivity index (χ4n) is 2.50. The third kappa shape index (κ3) is 3.07. The van der Waals surface area contributed by atoms with E-state index in [2.05, 4.69) is 10.6 Å². The highest BCUT2D eigenvalue weighted by Gasteiger charge is 2.36. The molecule has 2 heterocycles. The van der Waals surface area contributed by atoms with Crippen LogP contribution in [-0.2, 0) is 14.3 Å². The lowest BCUT2D eigenvalue weighted by molar-refractivity contribution is -0.137. The summed E-state index contributed by atoms with van der Waals surface area (Å²) in [6.07, 6.45) is 1.16. The van der Waals surface area contributed by atoms with Gasteiger partial charge < -0.3 is 15.4 Å². The molecule has 18 heavy (non-hydrogen) atoms. The van der Waals surface area contributed by atoms with Crippen LogP contribution >= 0.6 is 0 Å². The summed E-state index contributed by atoms with van der Waals surface area (Å²) in [6.45, 7) is 4.38. The molecule has 2 rings (SSSR count). The summed E-state index contributed by atoms with van der Waals surface area (Å²) in [4.78, 5) is 24.3. The van der Waals surface area contributed by atoms with E-state index in [0.29, 0.717) is 12.6 Å². The van der Waals surface area contributed by atoms with Gasteiger partial charge in [0.05, 0.1) is 25.7 Å². The lowest BCUT2D eigenvalue weighted by Gasteiger charge is -2.27. The number of morpholine rings is 1. The largest absolute Gasteiger partial charge is 0.379 e. The molecule has 0 bridgehead atoms. The fourth-order valence-corrected chi connectivity index (χ4v) is 2.50. The predicted octanol–water partition coefficient (Wildman–Crippen LogP) is -0.900. The molecule has 3 unspecified atom stereocenters. The molecule has 0 saturated carbocycles. The number of imide groups is 1. The molecule has 2 N–H and O–H groups in total. The number of likely N-dealkylation sites (tertiary alicyclic amines) is 1. The minimum Gasteiger partial charge on any atom is -0.379 e. The molecule has 0 aromatic carbocycles. The Morgan fingerprint density at radius 2 is 2.33 bits per heavy atom. The van der Waals surface area contributed by atoms with Crippen LogP contribution in [0.5, 0.6) is 0 Å². The van der Waals surface area contributed by atoms with Gasteiger partial charge in [0.25, 0.3) is 0 Å². The summed E-state index contributed by atoms with van der Waals surface area (Å²) in [6, 6.07) is 0.144. The summed E-state index contributed by atoms with van der Waals surface area (Å²) in [5.41, 5.74) is 0. The first-order valence-corrected chi connectivity index (χ1v) is 6.45. The maximum atomic E-state index is 11.7. The molecule has 6 nitrogen and oxygen atoms in total. The van der Waals surface area contributed by atoms with Crippen LogP contribution in [0.15, 0.2) is 0 Å². The maximum absolute atomic E-state index is 11.7. The lowest BCUT2D eigenvalue weighted by atomic mass is 10.1. The second kappa shape index (κ2) is 5.77. The van der Waals surface area contributed by atoms with Crippen molar-refractivity contribution in [1.82, 2.24) is 15.5 Å². The Morgan fingerprint density at radius 1 is 1.56 bits per heavy atom. The molecule has 2 amide bonds. The molecule has 2 aliphatic rings. The number of rotatable bonds is 4. The summed E-state index contributed by atoms with van der Waals surface area (Å²) in [5.74, 6) is -0.233. The Morgan fingerprint density at radius 3 is 2.89 bits per heavy atom. The number of nitrogens with one attached hydrogen (secondary N) is 2. The number of carbonyl (C=O) groups is 2. The lowest BCUT2D eigenvalue weighted by Crippen LogP contribution is -2.48. The van der Waals surface area contributed by atoms with Gasteiger partial charge in [0, 0.05) is 25.7 Å². The molecule has 0 aromatic rings. The van der Waals surface area contributed by atoms with E-state index in [1.54, 1.807) is 0 Å². The second-order valence-electron chi connectivity index (χ2n) is 5.08. The average molecular weight is 255 g/mol. The van der Waals surface area contributed by atoms with Gasteiger partial charge in [-0.1, -0.05) is 0 Å². The number of ether oxygens (including phenoxy) is 1. The van der Waals surface area contributed by atoms with Crippen molar-refractivity contribution in [3.8, 4) is 0 Å². The molecule has 0 aromatic heterocycles. The summed E-state index contributed by atoms with van der Waals surface area (Å²) in [7, 11) is 1.54. The Bertz CT molecular complexity index is 329. The van der Waals surface area contributed by atoms with Gasteiger partial charge >= 0.3 is 0 Å². The van der Waals surface area contributed by atoms with Crippen LogP contribution in [0.2, 0.25) is 0 Å². The minimum absolute atomic E-state index is 0.108. The Labute approximate surface area is 107 Å². The number of amides is 2.